The molecule has 5 N–H and O–H groups in total. The number of anilines is 1. The molecule has 1 rings (SSSR count). The lowest BCUT2D eigenvalue weighted by atomic mass is 10.1. The number of ether oxygens (including phenoxy) is 1. The molecule has 0 radical (unpaired) electrons. The molecule has 0 unspecified atom stereocenters. The maximum Gasteiger partial charge on any atom is 0.270 e. The highest BCUT2D eigenvalue weighted by atomic mass is 32.1. The number of carbonyl (C=O) groups is 3. The van der Waals surface area contributed by atoms with E-state index in [4.69, 9.17) is 16.2 Å². The van der Waals surface area contributed by atoms with Crippen molar-refractivity contribution in [1.82, 2.24) is 14.6 Å². The predicted molar refractivity (Wildman–Crippen MR) is 118 cm³/mol. The van der Waals surface area contributed by atoms with Crippen LogP contribution in [0.5, 0.6) is 0 Å². The Morgan fingerprint density at radius 3 is 2.47 bits per heavy atom. The topological polar surface area (TPSA) is 141 Å². The predicted octanol–water partition coefficient (Wildman–Crippen LogP) is 2.02. The number of primary amides is 1. The summed E-state index contributed by atoms with van der Waals surface area (Å²) in [6.07, 6.45) is 2.66. The second kappa shape index (κ2) is 13.2. The second-order valence-electron chi connectivity index (χ2n) is 7.47. The number of nitrogen functional groups attached to an aromatic ring is 1. The van der Waals surface area contributed by atoms with Gasteiger partial charge in [0.05, 0.1) is 5.69 Å². The highest BCUT2D eigenvalue weighted by Crippen LogP contribution is 2.25. The van der Waals surface area contributed by atoms with Crippen molar-refractivity contribution in [2.45, 2.75) is 59.4 Å². The number of nitrogens with one attached hydrogen (secondary N) is 1. The number of rotatable bonds is 14. The van der Waals surface area contributed by atoms with Crippen LogP contribution in [0.15, 0.2) is 0 Å². The van der Waals surface area contributed by atoms with Crippen LogP contribution in [0.1, 0.15) is 73.5 Å². The molecule has 0 aromatic carbocycles. The smallest absolute Gasteiger partial charge is 0.270 e. The minimum absolute atomic E-state index is 0.0391. The molecule has 0 aliphatic carbocycles. The molecule has 170 valence electrons. The van der Waals surface area contributed by atoms with Gasteiger partial charge in [0.15, 0.2) is 5.69 Å². The van der Waals surface area contributed by atoms with Crippen molar-refractivity contribution in [2.75, 3.05) is 32.0 Å². The van der Waals surface area contributed by atoms with E-state index in [1.807, 2.05) is 13.8 Å². The largest absolute Gasteiger partial charge is 0.395 e. The van der Waals surface area contributed by atoms with Gasteiger partial charge in [0.2, 0.25) is 5.91 Å². The Bertz CT molecular complexity index is 707. The summed E-state index contributed by atoms with van der Waals surface area (Å²) in [5.74, 6) is -0.947. The Labute approximate surface area is 182 Å². The molecule has 3 amide bonds. The Morgan fingerprint density at radius 2 is 1.93 bits per heavy atom. The molecule has 9 nitrogen and oxygen atoms in total. The molecule has 0 spiro atoms. The molecule has 0 bridgehead atoms. The first kappa shape index (κ1) is 25.8. The lowest BCUT2D eigenvalue weighted by Crippen LogP contribution is -2.50. The van der Waals surface area contributed by atoms with Gasteiger partial charge < -0.3 is 26.4 Å². The van der Waals surface area contributed by atoms with E-state index < -0.39 is 17.9 Å². The first-order valence-corrected chi connectivity index (χ1v) is 11.2. The zero-order valence-electron chi connectivity index (χ0n) is 18.4. The van der Waals surface area contributed by atoms with E-state index in [-0.39, 0.29) is 22.2 Å². The van der Waals surface area contributed by atoms with Crippen LogP contribution in [0.2, 0.25) is 0 Å². The van der Waals surface area contributed by atoms with Gasteiger partial charge in [0.1, 0.15) is 10.9 Å². The van der Waals surface area contributed by atoms with E-state index in [0.717, 1.165) is 24.4 Å². The van der Waals surface area contributed by atoms with E-state index in [1.54, 1.807) is 0 Å². The normalized spacial score (nSPS) is 12.0. The number of nitrogens with two attached hydrogens (primary N) is 2. The molecule has 10 heteroatoms. The van der Waals surface area contributed by atoms with Crippen molar-refractivity contribution in [3.05, 3.63) is 10.6 Å². The number of hydrogen-bond acceptors (Lipinski definition) is 7. The molecule has 1 aromatic heterocycles. The minimum atomic E-state index is -0.790. The third-order valence-corrected chi connectivity index (χ3v) is 5.42. The molecule has 0 aliphatic heterocycles. The fraction of sp³-hybridized carbons (Fsp3) is 0.700. The zero-order valence-corrected chi connectivity index (χ0v) is 19.2. The van der Waals surface area contributed by atoms with Crippen LogP contribution in [0, 0.1) is 5.92 Å². The number of carbonyl (C=O) groups excluding carboxylic acids is 3. The van der Waals surface area contributed by atoms with Crippen LogP contribution in [0.3, 0.4) is 0 Å². The monoisotopic (exact) mass is 441 g/mol. The average Bonchev–Trinajstić information content (AvgIpc) is 3.07. The van der Waals surface area contributed by atoms with Crippen LogP contribution in [0.4, 0.5) is 5.69 Å². The van der Waals surface area contributed by atoms with Crippen molar-refractivity contribution in [2.24, 2.45) is 11.7 Å². The highest BCUT2D eigenvalue weighted by Gasteiger charge is 2.32. The number of nitrogens with zero attached hydrogens (tertiary/aromatic N) is 2. The standard InChI is InChI=1S/C20H35N5O4S/c1-5-8-14(19(27)23-10-9-13(3)4)25(11-7-12-29-6-2)20(28)17-15(21)16(18(22)26)24-30-17/h13-14H,5-12,21H2,1-4H3,(H2,22,26)(H,23,27)/t14-/m0/s1. The first-order valence-electron chi connectivity index (χ1n) is 10.5. The maximum atomic E-state index is 13.3. The third kappa shape index (κ3) is 7.56. The van der Waals surface area contributed by atoms with E-state index >= 15 is 0 Å². The molecule has 1 aromatic rings. The minimum Gasteiger partial charge on any atom is -0.395 e. The van der Waals surface area contributed by atoms with Gasteiger partial charge in [0, 0.05) is 26.3 Å². The number of hydrogen-bond donors (Lipinski definition) is 3. The summed E-state index contributed by atoms with van der Waals surface area (Å²) in [5.41, 5.74) is 11.1. The summed E-state index contributed by atoms with van der Waals surface area (Å²) in [7, 11) is 0. The van der Waals surface area contributed by atoms with Crippen LogP contribution in [0.25, 0.3) is 0 Å². The van der Waals surface area contributed by atoms with Gasteiger partial charge in [-0.15, -0.1) is 0 Å². The summed E-state index contributed by atoms with van der Waals surface area (Å²) in [6, 6.07) is -0.644. The van der Waals surface area contributed by atoms with Crippen LogP contribution >= 0.6 is 11.5 Å². The Kier molecular flexibility index (Phi) is 11.3. The molecule has 1 atom stereocenters. The number of aromatic nitrogens is 1. The Morgan fingerprint density at radius 1 is 1.23 bits per heavy atom. The van der Waals surface area contributed by atoms with Gasteiger partial charge in [-0.2, -0.15) is 4.37 Å². The van der Waals surface area contributed by atoms with Crippen molar-refractivity contribution in [1.29, 1.82) is 0 Å². The van der Waals surface area contributed by atoms with Gasteiger partial charge in [0.25, 0.3) is 11.8 Å². The lowest BCUT2D eigenvalue weighted by molar-refractivity contribution is -0.126. The van der Waals surface area contributed by atoms with E-state index in [2.05, 4.69) is 23.5 Å². The summed E-state index contributed by atoms with van der Waals surface area (Å²) in [4.78, 5) is 39.3. The van der Waals surface area contributed by atoms with Crippen molar-refractivity contribution >= 4 is 34.9 Å². The zero-order chi connectivity index (χ0) is 22.7. The molecular weight excluding hydrogens is 406 g/mol. The third-order valence-electron chi connectivity index (χ3n) is 4.57. The summed E-state index contributed by atoms with van der Waals surface area (Å²) in [6.45, 7) is 9.95. The summed E-state index contributed by atoms with van der Waals surface area (Å²) < 4.78 is 9.30. The molecule has 0 saturated carbocycles. The Hall–Kier alpha value is -2.20. The fourth-order valence-electron chi connectivity index (χ4n) is 2.94. The van der Waals surface area contributed by atoms with E-state index in [1.165, 1.54) is 4.90 Å². The van der Waals surface area contributed by atoms with Crippen LogP contribution in [-0.4, -0.2) is 59.3 Å². The summed E-state index contributed by atoms with van der Waals surface area (Å²) >= 11 is 0.824. The molecule has 0 saturated heterocycles. The summed E-state index contributed by atoms with van der Waals surface area (Å²) in [5, 5.41) is 2.94. The van der Waals surface area contributed by atoms with Crippen molar-refractivity contribution in [3.63, 3.8) is 0 Å². The van der Waals surface area contributed by atoms with E-state index in [0.29, 0.717) is 45.1 Å². The van der Waals surface area contributed by atoms with Crippen LogP contribution < -0.4 is 16.8 Å². The highest BCUT2D eigenvalue weighted by molar-refractivity contribution is 7.09. The van der Waals surface area contributed by atoms with Gasteiger partial charge in [-0.25, -0.2) is 0 Å². The van der Waals surface area contributed by atoms with E-state index in [9.17, 15) is 14.4 Å². The van der Waals surface area contributed by atoms with Gasteiger partial charge >= 0.3 is 0 Å². The molecule has 0 fully saturated rings. The first-order chi connectivity index (χ1) is 14.2. The second-order valence-corrected chi connectivity index (χ2v) is 8.24. The van der Waals surface area contributed by atoms with Crippen molar-refractivity contribution < 1.29 is 19.1 Å². The molecule has 30 heavy (non-hydrogen) atoms. The van der Waals surface area contributed by atoms with Crippen LogP contribution in [-0.2, 0) is 9.53 Å². The lowest BCUT2D eigenvalue weighted by Gasteiger charge is -2.31. The van der Waals surface area contributed by atoms with Crippen molar-refractivity contribution in [3.8, 4) is 0 Å². The molecule has 0 aliphatic rings. The molecule has 1 heterocycles. The Balaban J connectivity index is 3.11. The SMILES string of the molecule is CCC[C@@H](C(=O)NCCC(C)C)N(CCCOCC)C(=O)c1snc(C(N)=O)c1N. The fourth-order valence-corrected chi connectivity index (χ4v) is 3.70. The van der Waals surface area contributed by atoms with Gasteiger partial charge in [-0.05, 0) is 43.6 Å². The number of amides is 3. The average molecular weight is 442 g/mol. The maximum absolute atomic E-state index is 13.3. The quantitative estimate of drug-likeness (QED) is 0.377. The van der Waals surface area contributed by atoms with Gasteiger partial charge in [-0.1, -0.05) is 27.2 Å². The van der Waals surface area contributed by atoms with Gasteiger partial charge in [-0.3, -0.25) is 14.4 Å². The molecular formula is C20H35N5O4S.